The minimum Gasteiger partial charge on any atom is -0.450 e. The van der Waals surface area contributed by atoms with Crippen molar-refractivity contribution in [3.05, 3.63) is 29.6 Å². The molecule has 0 aliphatic carbocycles. The van der Waals surface area contributed by atoms with Crippen molar-refractivity contribution < 1.29 is 22.7 Å². The Morgan fingerprint density at radius 1 is 1.33 bits per heavy atom. The van der Waals surface area contributed by atoms with Crippen LogP contribution >= 0.6 is 0 Å². The number of hydrogen-bond acceptors (Lipinski definition) is 2. The molecule has 0 bridgehead atoms. The molecule has 0 heterocycles. The number of halogens is 3. The zero-order valence-corrected chi connectivity index (χ0v) is 7.81. The van der Waals surface area contributed by atoms with E-state index in [0.29, 0.717) is 12.1 Å². The minimum absolute atomic E-state index is 0.0460. The van der Waals surface area contributed by atoms with Crippen LogP contribution in [0.4, 0.5) is 23.7 Å². The molecular weight excluding hydrogens is 211 g/mol. The van der Waals surface area contributed by atoms with Crippen LogP contribution in [0.1, 0.15) is 6.92 Å². The number of anilines is 1. The van der Waals surface area contributed by atoms with Gasteiger partial charge in [-0.2, -0.15) is 0 Å². The van der Waals surface area contributed by atoms with Crippen LogP contribution in [0.3, 0.4) is 0 Å². The maximum atomic E-state index is 13.0. The van der Waals surface area contributed by atoms with E-state index < -0.39 is 29.2 Å². The summed E-state index contributed by atoms with van der Waals surface area (Å²) >= 11 is 0. The zero-order valence-electron chi connectivity index (χ0n) is 7.81. The molecular formula is C9H8F3NO2. The van der Waals surface area contributed by atoms with Crippen LogP contribution in [0.25, 0.3) is 0 Å². The van der Waals surface area contributed by atoms with E-state index in [-0.39, 0.29) is 6.61 Å². The van der Waals surface area contributed by atoms with Crippen molar-refractivity contribution in [3.8, 4) is 0 Å². The molecule has 0 atom stereocenters. The predicted octanol–water partition coefficient (Wildman–Crippen LogP) is 2.67. The lowest BCUT2D eigenvalue weighted by Gasteiger charge is -2.07. The molecule has 0 aliphatic rings. The minimum atomic E-state index is -1.46. The van der Waals surface area contributed by atoms with E-state index in [1.165, 1.54) is 6.92 Å². The maximum absolute atomic E-state index is 13.0. The molecule has 1 N–H and O–H groups in total. The second-order valence-corrected chi connectivity index (χ2v) is 2.56. The first-order chi connectivity index (χ1) is 7.06. The Morgan fingerprint density at radius 3 is 2.53 bits per heavy atom. The lowest BCUT2D eigenvalue weighted by atomic mass is 10.3. The van der Waals surface area contributed by atoms with Crippen molar-refractivity contribution >= 4 is 11.8 Å². The zero-order chi connectivity index (χ0) is 11.4. The monoisotopic (exact) mass is 219 g/mol. The van der Waals surface area contributed by atoms with Gasteiger partial charge in [0.2, 0.25) is 0 Å². The molecule has 0 saturated heterocycles. The molecule has 1 rings (SSSR count). The van der Waals surface area contributed by atoms with Gasteiger partial charge in [0.1, 0.15) is 11.5 Å². The molecule has 15 heavy (non-hydrogen) atoms. The summed E-state index contributed by atoms with van der Waals surface area (Å²) in [6.07, 6.45) is -1.04. The third-order valence-corrected chi connectivity index (χ3v) is 1.55. The summed E-state index contributed by atoms with van der Waals surface area (Å²) in [5, 5.41) is 1.77. The lowest BCUT2D eigenvalue weighted by molar-refractivity contribution is 0.167. The summed E-state index contributed by atoms with van der Waals surface area (Å²) in [7, 11) is 0. The standard InChI is InChI=1S/C9H8F3NO2/c1-2-15-9(14)13-8-6(11)4-3-5(10)7(8)12/h3-4H,2H2,1H3,(H,13,14). The molecule has 0 fully saturated rings. The quantitative estimate of drug-likeness (QED) is 0.776. The number of amides is 1. The molecule has 1 aromatic rings. The second kappa shape index (κ2) is 4.68. The molecule has 0 radical (unpaired) electrons. The summed E-state index contributed by atoms with van der Waals surface area (Å²) in [5.74, 6) is -3.77. The Bertz CT molecular complexity index is 382. The van der Waals surface area contributed by atoms with Gasteiger partial charge in [0.25, 0.3) is 0 Å². The highest BCUT2D eigenvalue weighted by atomic mass is 19.2. The lowest BCUT2D eigenvalue weighted by Crippen LogP contribution is -2.16. The molecule has 3 nitrogen and oxygen atoms in total. The highest BCUT2D eigenvalue weighted by Crippen LogP contribution is 2.21. The summed E-state index contributed by atoms with van der Waals surface area (Å²) in [6.45, 7) is 1.57. The smallest absolute Gasteiger partial charge is 0.411 e. The first-order valence-corrected chi connectivity index (χ1v) is 4.13. The van der Waals surface area contributed by atoms with Gasteiger partial charge in [0.05, 0.1) is 6.61 Å². The van der Waals surface area contributed by atoms with E-state index >= 15 is 0 Å². The number of carbonyl (C=O) groups excluding carboxylic acids is 1. The predicted molar refractivity (Wildman–Crippen MR) is 47.0 cm³/mol. The normalized spacial score (nSPS) is 9.87. The van der Waals surface area contributed by atoms with Crippen molar-refractivity contribution in [2.75, 3.05) is 11.9 Å². The van der Waals surface area contributed by atoms with Crippen LogP contribution in [0.15, 0.2) is 12.1 Å². The molecule has 0 unspecified atom stereocenters. The SMILES string of the molecule is CCOC(=O)Nc1c(F)ccc(F)c1F. The molecule has 1 aromatic carbocycles. The van der Waals surface area contributed by atoms with Crippen molar-refractivity contribution in [1.29, 1.82) is 0 Å². The summed E-state index contributed by atoms with van der Waals surface area (Å²) in [4.78, 5) is 10.8. The highest BCUT2D eigenvalue weighted by Gasteiger charge is 2.16. The van der Waals surface area contributed by atoms with Gasteiger partial charge in [-0.1, -0.05) is 0 Å². The molecule has 82 valence electrons. The van der Waals surface area contributed by atoms with E-state index in [0.717, 1.165) is 0 Å². The number of nitrogens with one attached hydrogen (secondary N) is 1. The Balaban J connectivity index is 2.93. The number of carbonyl (C=O) groups is 1. The summed E-state index contributed by atoms with van der Waals surface area (Å²) < 4.78 is 43.0. The van der Waals surface area contributed by atoms with Crippen molar-refractivity contribution in [3.63, 3.8) is 0 Å². The van der Waals surface area contributed by atoms with E-state index in [4.69, 9.17) is 0 Å². The van der Waals surface area contributed by atoms with Crippen molar-refractivity contribution in [1.82, 2.24) is 0 Å². The van der Waals surface area contributed by atoms with Gasteiger partial charge in [0.15, 0.2) is 11.6 Å². The van der Waals surface area contributed by atoms with Gasteiger partial charge in [-0.25, -0.2) is 18.0 Å². The van der Waals surface area contributed by atoms with E-state index in [1.807, 2.05) is 0 Å². The second-order valence-electron chi connectivity index (χ2n) is 2.56. The van der Waals surface area contributed by atoms with Gasteiger partial charge in [-0.3, -0.25) is 5.32 Å². The first kappa shape index (κ1) is 11.4. The molecule has 1 amide bonds. The highest BCUT2D eigenvalue weighted by molar-refractivity contribution is 5.84. The van der Waals surface area contributed by atoms with Crippen LogP contribution in [0, 0.1) is 17.5 Å². The number of ether oxygens (including phenoxy) is 1. The van der Waals surface area contributed by atoms with Gasteiger partial charge in [-0.15, -0.1) is 0 Å². The Kier molecular flexibility index (Phi) is 3.54. The fourth-order valence-corrected chi connectivity index (χ4v) is 0.911. The number of hydrogen-bond donors (Lipinski definition) is 1. The largest absolute Gasteiger partial charge is 0.450 e. The van der Waals surface area contributed by atoms with Crippen molar-refractivity contribution in [2.24, 2.45) is 0 Å². The fraction of sp³-hybridized carbons (Fsp3) is 0.222. The first-order valence-electron chi connectivity index (χ1n) is 4.13. The van der Waals surface area contributed by atoms with Crippen LogP contribution < -0.4 is 5.32 Å². The average Bonchev–Trinajstić information content (AvgIpc) is 2.19. The molecule has 0 spiro atoms. The van der Waals surface area contributed by atoms with Crippen LogP contribution in [-0.4, -0.2) is 12.7 Å². The molecule has 6 heteroatoms. The topological polar surface area (TPSA) is 38.3 Å². The summed E-state index contributed by atoms with van der Waals surface area (Å²) in [5.41, 5.74) is -0.853. The summed E-state index contributed by atoms with van der Waals surface area (Å²) in [6, 6.07) is 1.33. The Hall–Kier alpha value is -1.72. The number of rotatable bonds is 2. The molecule has 0 saturated carbocycles. The average molecular weight is 219 g/mol. The fourth-order valence-electron chi connectivity index (χ4n) is 0.911. The van der Waals surface area contributed by atoms with Gasteiger partial charge < -0.3 is 4.74 Å². The van der Waals surface area contributed by atoms with Crippen LogP contribution in [0.5, 0.6) is 0 Å². The van der Waals surface area contributed by atoms with E-state index in [2.05, 4.69) is 4.74 Å². The third kappa shape index (κ3) is 2.61. The van der Waals surface area contributed by atoms with Gasteiger partial charge in [0, 0.05) is 0 Å². The van der Waals surface area contributed by atoms with E-state index in [1.54, 1.807) is 5.32 Å². The van der Waals surface area contributed by atoms with Crippen LogP contribution in [0.2, 0.25) is 0 Å². The third-order valence-electron chi connectivity index (χ3n) is 1.55. The maximum Gasteiger partial charge on any atom is 0.411 e. The Labute approximate surface area is 83.8 Å². The molecule has 0 aliphatic heterocycles. The molecule has 0 aromatic heterocycles. The number of benzene rings is 1. The van der Waals surface area contributed by atoms with E-state index in [9.17, 15) is 18.0 Å². The van der Waals surface area contributed by atoms with Gasteiger partial charge in [-0.05, 0) is 19.1 Å². The Morgan fingerprint density at radius 2 is 1.93 bits per heavy atom. The van der Waals surface area contributed by atoms with Gasteiger partial charge >= 0.3 is 6.09 Å². The van der Waals surface area contributed by atoms with Crippen molar-refractivity contribution in [2.45, 2.75) is 6.92 Å². The van der Waals surface area contributed by atoms with Crippen LogP contribution in [-0.2, 0) is 4.74 Å².